The van der Waals surface area contributed by atoms with E-state index < -0.39 is 78.4 Å². The Balaban J connectivity index is 1.83. The summed E-state index contributed by atoms with van der Waals surface area (Å²) in [5.41, 5.74) is 22.6. The molecule has 1 saturated heterocycles. The largest absolute Gasteiger partial charge is 0.492 e. The molecular weight excluding hydrogens is 526 g/mol. The van der Waals surface area contributed by atoms with Gasteiger partial charge in [0.15, 0.2) is 6.29 Å². The number of carbonyl (C=O) groups excluding carboxylic acids is 1. The van der Waals surface area contributed by atoms with Crippen LogP contribution in [-0.4, -0.2) is 133 Å². The van der Waals surface area contributed by atoms with Gasteiger partial charge in [-0.25, -0.2) is 0 Å². The van der Waals surface area contributed by atoms with Crippen molar-refractivity contribution in [1.82, 2.24) is 16.0 Å². The molecule has 2 fully saturated rings. The molecular formula is C25H49N7O8. The van der Waals surface area contributed by atoms with Gasteiger partial charge in [0.05, 0.1) is 31.3 Å². The fourth-order valence-corrected chi connectivity index (χ4v) is 5.78. The molecule has 15 heteroatoms. The second-order valence-corrected chi connectivity index (χ2v) is 11.2. The summed E-state index contributed by atoms with van der Waals surface area (Å²) in [6.45, 7) is 2.81. The highest BCUT2D eigenvalue weighted by Gasteiger charge is 2.53. The van der Waals surface area contributed by atoms with Crippen LogP contribution in [0.25, 0.3) is 0 Å². The molecule has 1 aliphatic carbocycles. The summed E-state index contributed by atoms with van der Waals surface area (Å²) in [6.07, 6.45) is -3.79. The molecule has 0 aromatic heterocycles. The number of hydrogen-bond donors (Lipinski definition) is 11. The van der Waals surface area contributed by atoms with E-state index >= 15 is 0 Å². The van der Waals surface area contributed by atoms with Crippen LogP contribution in [0.15, 0.2) is 11.8 Å². The first-order valence-corrected chi connectivity index (χ1v) is 13.9. The minimum absolute atomic E-state index is 0.145. The molecule has 15 nitrogen and oxygen atoms in total. The Labute approximate surface area is 234 Å². The Morgan fingerprint density at radius 1 is 1.25 bits per heavy atom. The first-order valence-electron chi connectivity index (χ1n) is 13.9. The molecule has 2 heterocycles. The summed E-state index contributed by atoms with van der Waals surface area (Å²) in [6, 6.07) is -2.80. The lowest BCUT2D eigenvalue weighted by Crippen LogP contribution is -2.69. The molecule has 3 rings (SSSR count). The van der Waals surface area contributed by atoms with Crippen molar-refractivity contribution in [1.29, 1.82) is 0 Å². The molecule has 2 aliphatic heterocycles. The van der Waals surface area contributed by atoms with Crippen molar-refractivity contribution in [2.75, 3.05) is 39.8 Å². The number of nitrogens with two attached hydrogens (primary N) is 4. The number of nitrogens with one attached hydrogen (secondary N) is 3. The first-order chi connectivity index (χ1) is 18.9. The van der Waals surface area contributed by atoms with Gasteiger partial charge < -0.3 is 73.5 Å². The molecule has 232 valence electrons. The minimum Gasteiger partial charge on any atom is -0.492 e. The van der Waals surface area contributed by atoms with Crippen molar-refractivity contribution in [3.05, 3.63) is 11.8 Å². The van der Waals surface area contributed by atoms with Gasteiger partial charge in [0.1, 0.15) is 35.8 Å². The van der Waals surface area contributed by atoms with Crippen molar-refractivity contribution in [3.63, 3.8) is 0 Å². The zero-order valence-electron chi connectivity index (χ0n) is 23.3. The number of carbonyl (C=O) groups is 1. The van der Waals surface area contributed by atoms with E-state index in [9.17, 15) is 25.2 Å². The number of hydrogen-bond acceptors (Lipinski definition) is 14. The number of likely N-dealkylation sites (N-methyl/N-ethyl adjacent to an activating group) is 1. The van der Waals surface area contributed by atoms with Crippen LogP contribution in [-0.2, 0) is 19.0 Å². The van der Waals surface area contributed by atoms with Crippen molar-refractivity contribution in [3.8, 4) is 0 Å². The maximum absolute atomic E-state index is 12.6. The molecule has 1 unspecified atom stereocenters. The van der Waals surface area contributed by atoms with E-state index in [0.29, 0.717) is 25.3 Å². The summed E-state index contributed by atoms with van der Waals surface area (Å²) in [5, 5.41) is 52.0. The fraction of sp³-hybridized carbons (Fsp3) is 0.880. The molecule has 0 bridgehead atoms. The highest BCUT2D eigenvalue weighted by atomic mass is 16.7. The van der Waals surface area contributed by atoms with Crippen molar-refractivity contribution in [2.24, 2.45) is 28.9 Å². The zero-order chi connectivity index (χ0) is 29.6. The Morgan fingerprint density at radius 2 is 1.98 bits per heavy atom. The molecule has 0 aromatic carbocycles. The molecule has 12 atom stereocenters. The zero-order valence-corrected chi connectivity index (χ0v) is 23.3. The number of amides is 1. The van der Waals surface area contributed by atoms with E-state index in [-0.39, 0.29) is 19.6 Å². The number of rotatable bonds is 12. The topological polar surface area (TPSA) is 266 Å². The number of ether oxygens (including phenoxy) is 3. The van der Waals surface area contributed by atoms with E-state index in [2.05, 4.69) is 16.0 Å². The summed E-state index contributed by atoms with van der Waals surface area (Å²) < 4.78 is 18.0. The molecule has 15 N–H and O–H groups in total. The van der Waals surface area contributed by atoms with E-state index in [0.717, 1.165) is 13.0 Å². The minimum atomic E-state index is -1.47. The Kier molecular flexibility index (Phi) is 12.1. The Bertz CT molecular complexity index is 852. The van der Waals surface area contributed by atoms with Crippen LogP contribution in [0, 0.1) is 5.92 Å². The van der Waals surface area contributed by atoms with Gasteiger partial charge in [-0.2, -0.15) is 0 Å². The normalized spacial score (nSPS) is 41.1. The quantitative estimate of drug-likeness (QED) is 0.0972. The first kappa shape index (κ1) is 33.0. The fourth-order valence-electron chi connectivity index (χ4n) is 5.78. The van der Waals surface area contributed by atoms with Crippen LogP contribution in [0.4, 0.5) is 0 Å². The van der Waals surface area contributed by atoms with E-state index in [1.54, 1.807) is 7.05 Å². The van der Waals surface area contributed by atoms with Gasteiger partial charge in [0, 0.05) is 24.5 Å². The van der Waals surface area contributed by atoms with Gasteiger partial charge in [0.2, 0.25) is 5.91 Å². The van der Waals surface area contributed by atoms with Crippen LogP contribution in [0.3, 0.4) is 0 Å². The SMILES string of the molecule is CN[C@@H]1[C@@H](O)[C@@H](O[C@@H]2[C@@H](O)[C@H](C3OC(CNCCCN)=CC[C@H]3N)[C@@H](N)C[C@H]2NC(=O)[C@H](O)CN)OC[C@]1(C)O. The standard InChI is InChI=1S/C25H49N7O8/c1-25(37)11-38-24(19(35)22(25)30-2)40-21-15(32-23(36)16(33)9-27)8-14(29)17(18(21)34)20-13(28)5-4-12(39-20)10-31-7-3-6-26/h4,13-22,24,30-31,33-35,37H,3,5-11,26-29H2,1-2H3,(H,32,36)/t13-,14+,15-,16-,17-,18+,19-,20?,21+,22-,24-,25+/m1/s1. The monoisotopic (exact) mass is 575 g/mol. The van der Waals surface area contributed by atoms with Gasteiger partial charge in [-0.15, -0.1) is 0 Å². The maximum atomic E-state index is 12.6. The second kappa shape index (κ2) is 14.6. The highest BCUT2D eigenvalue weighted by molar-refractivity contribution is 5.81. The Hall–Kier alpha value is -1.47. The molecule has 1 amide bonds. The van der Waals surface area contributed by atoms with Crippen molar-refractivity contribution < 1.29 is 39.4 Å². The van der Waals surface area contributed by atoms with Crippen molar-refractivity contribution >= 4 is 5.91 Å². The third-order valence-electron chi connectivity index (χ3n) is 8.00. The predicted octanol–water partition coefficient (Wildman–Crippen LogP) is -5.12. The third-order valence-corrected chi connectivity index (χ3v) is 8.00. The summed E-state index contributed by atoms with van der Waals surface area (Å²) in [7, 11) is 1.59. The summed E-state index contributed by atoms with van der Waals surface area (Å²) >= 11 is 0. The van der Waals surface area contributed by atoms with E-state index in [1.165, 1.54) is 6.92 Å². The lowest BCUT2D eigenvalue weighted by molar-refractivity contribution is -0.297. The van der Waals surface area contributed by atoms with Gasteiger partial charge in [-0.3, -0.25) is 4.79 Å². The summed E-state index contributed by atoms with van der Waals surface area (Å²) in [5.74, 6) is -0.782. The maximum Gasteiger partial charge on any atom is 0.250 e. The molecule has 3 aliphatic rings. The Morgan fingerprint density at radius 3 is 2.62 bits per heavy atom. The lowest BCUT2D eigenvalue weighted by atomic mass is 9.72. The average molecular weight is 576 g/mol. The molecule has 40 heavy (non-hydrogen) atoms. The van der Waals surface area contributed by atoms with Gasteiger partial charge in [-0.05, 0) is 52.4 Å². The third kappa shape index (κ3) is 7.67. The van der Waals surface area contributed by atoms with Crippen LogP contribution in [0.2, 0.25) is 0 Å². The molecule has 0 aromatic rings. The summed E-state index contributed by atoms with van der Waals surface area (Å²) in [4.78, 5) is 12.6. The molecule has 1 saturated carbocycles. The van der Waals surface area contributed by atoms with Crippen LogP contribution in [0.1, 0.15) is 26.2 Å². The smallest absolute Gasteiger partial charge is 0.250 e. The number of aliphatic hydroxyl groups excluding tert-OH is 3. The molecule has 0 spiro atoms. The van der Waals surface area contributed by atoms with E-state index in [4.69, 9.17) is 37.1 Å². The lowest BCUT2D eigenvalue weighted by Gasteiger charge is -2.50. The van der Waals surface area contributed by atoms with Crippen LogP contribution in [0.5, 0.6) is 0 Å². The van der Waals surface area contributed by atoms with E-state index in [1.807, 2.05) is 6.08 Å². The predicted molar refractivity (Wildman–Crippen MR) is 145 cm³/mol. The second-order valence-electron chi connectivity index (χ2n) is 11.2. The van der Waals surface area contributed by atoms with Gasteiger partial charge in [-0.1, -0.05) is 0 Å². The van der Waals surface area contributed by atoms with Crippen molar-refractivity contribution in [2.45, 2.75) is 92.8 Å². The number of aliphatic hydroxyl groups is 4. The van der Waals surface area contributed by atoms with Crippen LogP contribution >= 0.6 is 0 Å². The average Bonchev–Trinajstić information content (AvgIpc) is 2.91. The van der Waals surface area contributed by atoms with Gasteiger partial charge >= 0.3 is 0 Å². The van der Waals surface area contributed by atoms with Crippen LogP contribution < -0.4 is 38.9 Å². The molecule has 0 radical (unpaired) electrons. The van der Waals surface area contributed by atoms with Gasteiger partial charge in [0.25, 0.3) is 0 Å². The highest BCUT2D eigenvalue weighted by Crippen LogP contribution is 2.36.